The van der Waals surface area contributed by atoms with E-state index in [4.69, 9.17) is 0 Å². The van der Waals surface area contributed by atoms with E-state index in [0.717, 1.165) is 5.92 Å². The molecule has 0 bridgehead atoms. The standard InChI is InChI=1S/C17H29N/c1-6-8-12-16(7-2)13-18(5)17-14(3)10-9-11-15(17)4/h9-11,16H,6-8,12-13H2,1-5H3. The van der Waals surface area contributed by atoms with E-state index in [9.17, 15) is 0 Å². The summed E-state index contributed by atoms with van der Waals surface area (Å²) in [5.41, 5.74) is 4.21. The number of unbranched alkanes of at least 4 members (excludes halogenated alkanes) is 1. The lowest BCUT2D eigenvalue weighted by Crippen LogP contribution is -2.26. The quantitative estimate of drug-likeness (QED) is 0.658. The van der Waals surface area contributed by atoms with Crippen molar-refractivity contribution >= 4 is 5.69 Å². The molecule has 1 atom stereocenters. The highest BCUT2D eigenvalue weighted by Gasteiger charge is 2.12. The Bertz CT molecular complexity index is 336. The molecule has 0 aliphatic rings. The highest BCUT2D eigenvalue weighted by atomic mass is 15.1. The molecule has 0 fully saturated rings. The lowest BCUT2D eigenvalue weighted by Gasteiger charge is -2.28. The third-order valence-electron chi connectivity index (χ3n) is 3.90. The zero-order chi connectivity index (χ0) is 13.5. The number of aryl methyl sites for hydroxylation is 2. The van der Waals surface area contributed by atoms with Crippen molar-refractivity contribution in [2.24, 2.45) is 5.92 Å². The fourth-order valence-corrected chi connectivity index (χ4v) is 2.80. The van der Waals surface area contributed by atoms with Gasteiger partial charge >= 0.3 is 0 Å². The van der Waals surface area contributed by atoms with E-state index in [0.29, 0.717) is 0 Å². The van der Waals surface area contributed by atoms with Gasteiger partial charge in [0, 0.05) is 19.3 Å². The molecule has 0 aromatic heterocycles. The summed E-state index contributed by atoms with van der Waals surface area (Å²) in [5.74, 6) is 0.828. The SMILES string of the molecule is CCCCC(CC)CN(C)c1c(C)cccc1C. The van der Waals surface area contributed by atoms with E-state index in [1.807, 2.05) is 0 Å². The Morgan fingerprint density at radius 1 is 1.11 bits per heavy atom. The Morgan fingerprint density at radius 3 is 2.22 bits per heavy atom. The summed E-state index contributed by atoms with van der Waals surface area (Å²) < 4.78 is 0. The average molecular weight is 247 g/mol. The van der Waals surface area contributed by atoms with Crippen LogP contribution in [0.15, 0.2) is 18.2 Å². The van der Waals surface area contributed by atoms with Crippen LogP contribution in [0.5, 0.6) is 0 Å². The van der Waals surface area contributed by atoms with Gasteiger partial charge in [-0.15, -0.1) is 0 Å². The molecule has 0 aliphatic carbocycles. The maximum absolute atomic E-state index is 2.45. The minimum atomic E-state index is 0.828. The van der Waals surface area contributed by atoms with Crippen molar-refractivity contribution in [3.05, 3.63) is 29.3 Å². The normalized spacial score (nSPS) is 12.5. The van der Waals surface area contributed by atoms with E-state index in [2.05, 4.69) is 57.8 Å². The fraction of sp³-hybridized carbons (Fsp3) is 0.647. The van der Waals surface area contributed by atoms with Crippen molar-refractivity contribution in [3.63, 3.8) is 0 Å². The minimum absolute atomic E-state index is 0.828. The van der Waals surface area contributed by atoms with Crippen molar-refractivity contribution in [1.29, 1.82) is 0 Å². The zero-order valence-electron chi connectivity index (χ0n) is 12.8. The Morgan fingerprint density at radius 2 is 1.72 bits per heavy atom. The lowest BCUT2D eigenvalue weighted by atomic mass is 9.98. The predicted molar refractivity (Wildman–Crippen MR) is 82.5 cm³/mol. The molecule has 0 spiro atoms. The van der Waals surface area contributed by atoms with Gasteiger partial charge in [-0.05, 0) is 37.3 Å². The third-order valence-corrected chi connectivity index (χ3v) is 3.90. The Hall–Kier alpha value is -0.980. The van der Waals surface area contributed by atoms with Crippen LogP contribution in [0.3, 0.4) is 0 Å². The number of hydrogen-bond donors (Lipinski definition) is 0. The smallest absolute Gasteiger partial charge is 0.0423 e. The van der Waals surface area contributed by atoms with Gasteiger partial charge in [0.05, 0.1) is 0 Å². The van der Waals surface area contributed by atoms with Gasteiger partial charge in [0.25, 0.3) is 0 Å². The van der Waals surface area contributed by atoms with Crippen LogP contribution in [0.4, 0.5) is 5.69 Å². The van der Waals surface area contributed by atoms with E-state index < -0.39 is 0 Å². The van der Waals surface area contributed by atoms with Gasteiger partial charge in [-0.25, -0.2) is 0 Å². The van der Waals surface area contributed by atoms with Crippen molar-refractivity contribution in [2.45, 2.75) is 53.4 Å². The van der Waals surface area contributed by atoms with Gasteiger partial charge in [0.15, 0.2) is 0 Å². The van der Waals surface area contributed by atoms with Crippen LogP contribution >= 0.6 is 0 Å². The van der Waals surface area contributed by atoms with E-state index >= 15 is 0 Å². The van der Waals surface area contributed by atoms with E-state index in [1.165, 1.54) is 49.0 Å². The Labute approximate surface area is 113 Å². The third kappa shape index (κ3) is 4.04. The Kier molecular flexibility index (Phi) is 6.24. The molecule has 1 unspecified atom stereocenters. The topological polar surface area (TPSA) is 3.24 Å². The predicted octanol–water partition coefficient (Wildman–Crippen LogP) is 4.96. The zero-order valence-corrected chi connectivity index (χ0v) is 12.8. The van der Waals surface area contributed by atoms with Gasteiger partial charge in [-0.3, -0.25) is 0 Å². The first-order chi connectivity index (χ1) is 8.60. The first-order valence-corrected chi connectivity index (χ1v) is 7.37. The molecule has 0 amide bonds. The van der Waals surface area contributed by atoms with Crippen molar-refractivity contribution < 1.29 is 0 Å². The van der Waals surface area contributed by atoms with Gasteiger partial charge < -0.3 is 4.90 Å². The van der Waals surface area contributed by atoms with Crippen molar-refractivity contribution in [2.75, 3.05) is 18.5 Å². The van der Waals surface area contributed by atoms with Crippen LogP contribution in [-0.4, -0.2) is 13.6 Å². The molecule has 1 rings (SSSR count). The van der Waals surface area contributed by atoms with E-state index in [-0.39, 0.29) is 0 Å². The van der Waals surface area contributed by atoms with Crippen LogP contribution in [0.1, 0.15) is 50.7 Å². The average Bonchev–Trinajstić information content (AvgIpc) is 2.34. The van der Waals surface area contributed by atoms with Gasteiger partial charge in [0.1, 0.15) is 0 Å². The monoisotopic (exact) mass is 247 g/mol. The molecule has 0 radical (unpaired) electrons. The molecule has 0 aliphatic heterocycles. The van der Waals surface area contributed by atoms with Crippen LogP contribution in [0.25, 0.3) is 0 Å². The summed E-state index contributed by atoms with van der Waals surface area (Å²) in [7, 11) is 2.24. The molecular formula is C17H29N. The van der Waals surface area contributed by atoms with Crippen molar-refractivity contribution in [3.8, 4) is 0 Å². The van der Waals surface area contributed by atoms with Crippen LogP contribution in [0, 0.1) is 19.8 Å². The van der Waals surface area contributed by atoms with Crippen LogP contribution in [0.2, 0.25) is 0 Å². The number of benzene rings is 1. The van der Waals surface area contributed by atoms with E-state index in [1.54, 1.807) is 0 Å². The van der Waals surface area contributed by atoms with Crippen LogP contribution < -0.4 is 4.90 Å². The molecule has 1 aromatic carbocycles. The summed E-state index contributed by atoms with van der Waals surface area (Å²) in [6.45, 7) is 10.2. The van der Waals surface area contributed by atoms with Crippen molar-refractivity contribution in [1.82, 2.24) is 0 Å². The molecule has 0 N–H and O–H groups in total. The second-order valence-corrected chi connectivity index (χ2v) is 5.54. The molecule has 1 aromatic rings. The highest BCUT2D eigenvalue weighted by molar-refractivity contribution is 5.58. The molecule has 18 heavy (non-hydrogen) atoms. The Balaban J connectivity index is 2.71. The molecule has 0 saturated carbocycles. The fourth-order valence-electron chi connectivity index (χ4n) is 2.80. The molecule has 0 saturated heterocycles. The molecular weight excluding hydrogens is 218 g/mol. The van der Waals surface area contributed by atoms with Gasteiger partial charge in [-0.2, -0.15) is 0 Å². The number of nitrogens with zero attached hydrogens (tertiary/aromatic N) is 1. The summed E-state index contributed by atoms with van der Waals surface area (Å²) >= 11 is 0. The molecule has 1 heteroatoms. The highest BCUT2D eigenvalue weighted by Crippen LogP contribution is 2.25. The maximum Gasteiger partial charge on any atom is 0.0423 e. The first-order valence-electron chi connectivity index (χ1n) is 7.37. The van der Waals surface area contributed by atoms with Gasteiger partial charge in [-0.1, -0.05) is 51.3 Å². The van der Waals surface area contributed by atoms with Gasteiger partial charge in [0.2, 0.25) is 0 Å². The lowest BCUT2D eigenvalue weighted by molar-refractivity contribution is 0.453. The maximum atomic E-state index is 2.45. The number of rotatable bonds is 7. The molecule has 102 valence electrons. The number of para-hydroxylation sites is 1. The second kappa shape index (κ2) is 7.45. The molecule has 0 heterocycles. The first kappa shape index (κ1) is 15.1. The largest absolute Gasteiger partial charge is 0.374 e. The van der Waals surface area contributed by atoms with Crippen LogP contribution in [-0.2, 0) is 0 Å². The summed E-state index contributed by atoms with van der Waals surface area (Å²) in [4.78, 5) is 2.45. The summed E-state index contributed by atoms with van der Waals surface area (Å²) in [6.07, 6.45) is 5.32. The minimum Gasteiger partial charge on any atom is -0.374 e. The second-order valence-electron chi connectivity index (χ2n) is 5.54. The summed E-state index contributed by atoms with van der Waals surface area (Å²) in [5, 5.41) is 0. The number of anilines is 1. The molecule has 1 nitrogen and oxygen atoms in total. The number of hydrogen-bond acceptors (Lipinski definition) is 1. The summed E-state index contributed by atoms with van der Waals surface area (Å²) in [6, 6.07) is 6.58.